The molecule has 0 aromatic heterocycles. The molecule has 2 N–H and O–H groups in total. The highest BCUT2D eigenvalue weighted by Crippen LogP contribution is 2.17. The number of hydrogen-bond acceptors (Lipinski definition) is 2. The van der Waals surface area contributed by atoms with Crippen molar-refractivity contribution in [3.63, 3.8) is 0 Å². The van der Waals surface area contributed by atoms with Crippen molar-refractivity contribution in [3.05, 3.63) is 34.9 Å². The average Bonchev–Trinajstić information content (AvgIpc) is 2.56. The van der Waals surface area contributed by atoms with Crippen LogP contribution in [-0.4, -0.2) is 42.5 Å². The number of nitrogens with one attached hydrogen (secondary N) is 2. The van der Waals surface area contributed by atoms with Gasteiger partial charge in [0.05, 0.1) is 0 Å². The molecule has 0 atom stereocenters. The molecule has 6 heteroatoms. The smallest absolute Gasteiger partial charge is 0.317 e. The summed E-state index contributed by atoms with van der Waals surface area (Å²) in [7, 11) is 0. The first-order valence-electron chi connectivity index (χ1n) is 8.53. The zero-order chi connectivity index (χ0) is 17.5. The van der Waals surface area contributed by atoms with Gasteiger partial charge in [0.25, 0.3) is 0 Å². The summed E-state index contributed by atoms with van der Waals surface area (Å²) >= 11 is 5.86. The van der Waals surface area contributed by atoms with Crippen LogP contribution in [0.25, 0.3) is 0 Å². The molecule has 0 bridgehead atoms. The molecule has 3 amide bonds. The molecule has 1 aliphatic rings. The van der Waals surface area contributed by atoms with Crippen LogP contribution >= 0.6 is 11.6 Å². The Kier molecular flexibility index (Phi) is 6.91. The number of benzene rings is 1. The molecule has 2 rings (SSSR count). The van der Waals surface area contributed by atoms with Gasteiger partial charge in [-0.05, 0) is 50.8 Å². The van der Waals surface area contributed by atoms with E-state index in [-0.39, 0.29) is 23.9 Å². The number of urea groups is 1. The first-order chi connectivity index (χ1) is 11.5. The molecular weight excluding hydrogens is 326 g/mol. The van der Waals surface area contributed by atoms with Crippen LogP contribution in [-0.2, 0) is 11.2 Å². The minimum Gasteiger partial charge on any atom is -0.356 e. The van der Waals surface area contributed by atoms with Crippen LogP contribution in [0.2, 0.25) is 5.02 Å². The molecule has 0 radical (unpaired) electrons. The first kappa shape index (κ1) is 18.6. The average molecular weight is 352 g/mol. The van der Waals surface area contributed by atoms with Gasteiger partial charge in [-0.1, -0.05) is 23.7 Å². The molecule has 5 nitrogen and oxygen atoms in total. The minimum atomic E-state index is -0.0356. The number of likely N-dealkylation sites (tertiary alicyclic amines) is 1. The van der Waals surface area contributed by atoms with Crippen LogP contribution in [0, 0.1) is 5.92 Å². The third kappa shape index (κ3) is 5.71. The third-order valence-electron chi connectivity index (χ3n) is 4.19. The van der Waals surface area contributed by atoms with Crippen molar-refractivity contribution in [3.8, 4) is 0 Å². The number of halogens is 1. The Labute approximate surface area is 148 Å². The Morgan fingerprint density at radius 2 is 1.83 bits per heavy atom. The lowest BCUT2D eigenvalue weighted by Crippen LogP contribution is -2.48. The lowest BCUT2D eigenvalue weighted by atomic mass is 9.96. The van der Waals surface area contributed by atoms with Gasteiger partial charge in [0.2, 0.25) is 5.91 Å². The fraction of sp³-hybridized carbons (Fsp3) is 0.556. The lowest BCUT2D eigenvalue weighted by molar-refractivity contribution is -0.126. The van der Waals surface area contributed by atoms with Gasteiger partial charge in [-0.2, -0.15) is 0 Å². The Balaban J connectivity index is 1.69. The van der Waals surface area contributed by atoms with Gasteiger partial charge in [0.1, 0.15) is 0 Å². The second-order valence-corrected chi connectivity index (χ2v) is 6.97. The Morgan fingerprint density at radius 1 is 1.21 bits per heavy atom. The Morgan fingerprint density at radius 3 is 2.42 bits per heavy atom. The van der Waals surface area contributed by atoms with Crippen molar-refractivity contribution in [2.75, 3.05) is 19.6 Å². The number of piperidine rings is 1. The molecule has 0 saturated carbocycles. The molecular formula is C18H26ClN3O2. The first-order valence-corrected chi connectivity index (χ1v) is 8.91. The summed E-state index contributed by atoms with van der Waals surface area (Å²) in [6.45, 7) is 5.77. The monoisotopic (exact) mass is 351 g/mol. The summed E-state index contributed by atoms with van der Waals surface area (Å²) < 4.78 is 0. The number of carbonyl (C=O) groups excluding carboxylic acids is 2. The van der Waals surface area contributed by atoms with Crippen molar-refractivity contribution >= 4 is 23.5 Å². The summed E-state index contributed by atoms with van der Waals surface area (Å²) in [5.41, 5.74) is 1.15. The number of carbonyl (C=O) groups is 2. The van der Waals surface area contributed by atoms with Crippen LogP contribution in [0.3, 0.4) is 0 Å². The number of amides is 3. The predicted molar refractivity (Wildman–Crippen MR) is 96.1 cm³/mol. The second-order valence-electron chi connectivity index (χ2n) is 6.53. The van der Waals surface area contributed by atoms with E-state index in [0.717, 1.165) is 29.8 Å². The highest BCUT2D eigenvalue weighted by atomic mass is 35.5. The van der Waals surface area contributed by atoms with E-state index in [1.54, 1.807) is 4.90 Å². The van der Waals surface area contributed by atoms with Crippen LogP contribution in [0.15, 0.2) is 24.3 Å². The standard InChI is InChI=1S/C18H26ClN3O2/c1-13(2)21-18(24)22-11-8-15(9-12-22)17(23)20-10-7-14-3-5-16(19)6-4-14/h3-6,13,15H,7-12H2,1-2H3,(H,20,23)(H,21,24). The van der Waals surface area contributed by atoms with E-state index < -0.39 is 0 Å². The van der Waals surface area contributed by atoms with Crippen molar-refractivity contribution in [2.45, 2.75) is 39.2 Å². The third-order valence-corrected chi connectivity index (χ3v) is 4.44. The second kappa shape index (κ2) is 8.92. The molecule has 1 fully saturated rings. The molecule has 1 aliphatic heterocycles. The van der Waals surface area contributed by atoms with E-state index in [1.807, 2.05) is 38.1 Å². The number of nitrogens with zero attached hydrogens (tertiary/aromatic N) is 1. The van der Waals surface area contributed by atoms with E-state index in [0.29, 0.717) is 19.6 Å². The molecule has 1 aromatic carbocycles. The summed E-state index contributed by atoms with van der Waals surface area (Å²) in [4.78, 5) is 26.0. The SMILES string of the molecule is CC(C)NC(=O)N1CCC(C(=O)NCCc2ccc(Cl)cc2)CC1. The van der Waals surface area contributed by atoms with E-state index in [9.17, 15) is 9.59 Å². The van der Waals surface area contributed by atoms with Gasteiger partial charge in [0.15, 0.2) is 0 Å². The Hall–Kier alpha value is -1.75. The molecule has 0 aliphatic carbocycles. The van der Waals surface area contributed by atoms with Crippen LogP contribution in [0.5, 0.6) is 0 Å². The van der Waals surface area contributed by atoms with Gasteiger partial charge in [-0.3, -0.25) is 4.79 Å². The van der Waals surface area contributed by atoms with Gasteiger partial charge >= 0.3 is 6.03 Å². The van der Waals surface area contributed by atoms with Crippen molar-refractivity contribution in [2.24, 2.45) is 5.92 Å². The zero-order valence-electron chi connectivity index (χ0n) is 14.3. The van der Waals surface area contributed by atoms with Crippen molar-refractivity contribution < 1.29 is 9.59 Å². The molecule has 1 heterocycles. The van der Waals surface area contributed by atoms with Crippen molar-refractivity contribution in [1.82, 2.24) is 15.5 Å². The molecule has 132 valence electrons. The van der Waals surface area contributed by atoms with Gasteiger partial charge in [-0.15, -0.1) is 0 Å². The highest BCUT2D eigenvalue weighted by molar-refractivity contribution is 6.30. The minimum absolute atomic E-state index is 0.00156. The summed E-state index contributed by atoms with van der Waals surface area (Å²) in [5.74, 6) is 0.0891. The summed E-state index contributed by atoms with van der Waals surface area (Å²) in [5, 5.41) is 6.61. The maximum absolute atomic E-state index is 12.2. The van der Waals surface area contributed by atoms with E-state index >= 15 is 0 Å². The zero-order valence-corrected chi connectivity index (χ0v) is 15.1. The molecule has 1 saturated heterocycles. The van der Waals surface area contributed by atoms with Gasteiger partial charge < -0.3 is 15.5 Å². The number of hydrogen-bond donors (Lipinski definition) is 2. The number of rotatable bonds is 5. The quantitative estimate of drug-likeness (QED) is 0.856. The molecule has 0 unspecified atom stereocenters. The highest BCUT2D eigenvalue weighted by Gasteiger charge is 2.27. The van der Waals surface area contributed by atoms with E-state index in [2.05, 4.69) is 10.6 Å². The van der Waals surface area contributed by atoms with Crippen LogP contribution in [0.1, 0.15) is 32.3 Å². The maximum Gasteiger partial charge on any atom is 0.317 e. The maximum atomic E-state index is 12.2. The Bertz CT molecular complexity index is 552. The van der Waals surface area contributed by atoms with Gasteiger partial charge in [0, 0.05) is 36.6 Å². The fourth-order valence-electron chi connectivity index (χ4n) is 2.81. The van der Waals surface area contributed by atoms with Gasteiger partial charge in [-0.25, -0.2) is 4.79 Å². The fourth-order valence-corrected chi connectivity index (χ4v) is 2.93. The lowest BCUT2D eigenvalue weighted by Gasteiger charge is -2.32. The van der Waals surface area contributed by atoms with Crippen LogP contribution < -0.4 is 10.6 Å². The molecule has 0 spiro atoms. The topological polar surface area (TPSA) is 61.4 Å². The van der Waals surface area contributed by atoms with Crippen LogP contribution in [0.4, 0.5) is 4.79 Å². The summed E-state index contributed by atoms with van der Waals surface area (Å²) in [6, 6.07) is 7.76. The molecule has 24 heavy (non-hydrogen) atoms. The molecule has 1 aromatic rings. The van der Waals surface area contributed by atoms with E-state index in [4.69, 9.17) is 11.6 Å². The van der Waals surface area contributed by atoms with E-state index in [1.165, 1.54) is 0 Å². The predicted octanol–water partition coefficient (Wildman–Crippen LogP) is 2.83. The largest absolute Gasteiger partial charge is 0.356 e. The van der Waals surface area contributed by atoms with Crippen molar-refractivity contribution in [1.29, 1.82) is 0 Å². The summed E-state index contributed by atoms with van der Waals surface area (Å²) in [6.07, 6.45) is 2.23. The normalized spacial score (nSPS) is 15.4.